The summed E-state index contributed by atoms with van der Waals surface area (Å²) < 4.78 is 0. The quantitative estimate of drug-likeness (QED) is 0.707. The number of nitrogens with zero attached hydrogens (tertiary/aromatic N) is 1. The Morgan fingerprint density at radius 1 is 0.958 bits per heavy atom. The first-order valence-corrected chi connectivity index (χ1v) is 8.82. The summed E-state index contributed by atoms with van der Waals surface area (Å²) in [6, 6.07) is 0. The number of amides is 3. The Hall–Kier alpha value is -1.85. The summed E-state index contributed by atoms with van der Waals surface area (Å²) in [7, 11) is 0. The molecule has 4 fully saturated rings. The molecule has 0 heterocycles. The topological polar surface area (TPSA) is 106 Å². The SMILES string of the molecule is C/C(=C/C(=O)N(CC(N)=O)CC(N)=O)C12CC3CC(CC(C3)C1)C2. The molecule has 0 aromatic rings. The minimum absolute atomic E-state index is 0.134. The standard InChI is InChI=1S/C18H27N3O3/c1-11(2-17(24)21(9-15(19)22)10-16(20)23)18-6-12-3-13(7-18)5-14(4-12)8-18/h2,12-14H,3-10H2,1H3,(H2,19,22)(H2,20,23)/b11-2-. The summed E-state index contributed by atoms with van der Waals surface area (Å²) in [5, 5.41) is 0. The van der Waals surface area contributed by atoms with E-state index < -0.39 is 11.8 Å². The van der Waals surface area contributed by atoms with Crippen LogP contribution in [0.3, 0.4) is 0 Å². The molecule has 6 nitrogen and oxygen atoms in total. The molecule has 0 radical (unpaired) electrons. The van der Waals surface area contributed by atoms with Gasteiger partial charge in [0.15, 0.2) is 0 Å². The van der Waals surface area contributed by atoms with E-state index >= 15 is 0 Å². The molecule has 4 saturated carbocycles. The summed E-state index contributed by atoms with van der Waals surface area (Å²) in [4.78, 5) is 36.0. The van der Waals surface area contributed by atoms with E-state index in [0.717, 1.165) is 28.2 Å². The Morgan fingerprint density at radius 2 is 1.38 bits per heavy atom. The minimum Gasteiger partial charge on any atom is -0.368 e. The molecule has 132 valence electrons. The Labute approximate surface area is 142 Å². The van der Waals surface area contributed by atoms with Gasteiger partial charge in [-0.15, -0.1) is 0 Å². The molecule has 4 rings (SSSR count). The van der Waals surface area contributed by atoms with Crippen LogP contribution in [-0.4, -0.2) is 35.7 Å². The van der Waals surface area contributed by atoms with E-state index in [-0.39, 0.29) is 24.4 Å². The van der Waals surface area contributed by atoms with Gasteiger partial charge in [0.1, 0.15) is 13.1 Å². The number of nitrogens with two attached hydrogens (primary N) is 2. The van der Waals surface area contributed by atoms with Crippen molar-refractivity contribution in [1.29, 1.82) is 0 Å². The molecule has 4 bridgehead atoms. The average molecular weight is 333 g/mol. The monoisotopic (exact) mass is 333 g/mol. The molecule has 0 unspecified atom stereocenters. The molecule has 0 atom stereocenters. The lowest BCUT2D eigenvalue weighted by molar-refractivity contribution is -0.134. The Morgan fingerprint density at radius 3 is 1.75 bits per heavy atom. The van der Waals surface area contributed by atoms with Crippen LogP contribution < -0.4 is 11.5 Å². The predicted octanol–water partition coefficient (Wildman–Crippen LogP) is 0.948. The fraction of sp³-hybridized carbons (Fsp3) is 0.722. The van der Waals surface area contributed by atoms with Crippen molar-refractivity contribution in [2.45, 2.75) is 45.4 Å². The van der Waals surface area contributed by atoms with Crippen molar-refractivity contribution in [3.05, 3.63) is 11.6 Å². The third-order valence-electron chi connectivity index (χ3n) is 6.22. The predicted molar refractivity (Wildman–Crippen MR) is 89.3 cm³/mol. The van der Waals surface area contributed by atoms with Gasteiger partial charge < -0.3 is 16.4 Å². The van der Waals surface area contributed by atoms with E-state index in [1.165, 1.54) is 38.5 Å². The number of carbonyl (C=O) groups excluding carboxylic acids is 3. The van der Waals surface area contributed by atoms with Gasteiger partial charge in [-0.1, -0.05) is 5.57 Å². The van der Waals surface area contributed by atoms with Crippen LogP contribution in [0, 0.1) is 23.2 Å². The number of allylic oxidation sites excluding steroid dienone is 1. The van der Waals surface area contributed by atoms with Crippen LogP contribution in [0.1, 0.15) is 45.4 Å². The van der Waals surface area contributed by atoms with Gasteiger partial charge in [0.05, 0.1) is 0 Å². The van der Waals surface area contributed by atoms with Crippen molar-refractivity contribution in [1.82, 2.24) is 4.90 Å². The summed E-state index contributed by atoms with van der Waals surface area (Å²) in [6.07, 6.45) is 9.14. The lowest BCUT2D eigenvalue weighted by Crippen LogP contribution is -2.47. The smallest absolute Gasteiger partial charge is 0.247 e. The summed E-state index contributed by atoms with van der Waals surface area (Å²) in [5.74, 6) is 0.739. The van der Waals surface area contributed by atoms with Crippen molar-refractivity contribution < 1.29 is 14.4 Å². The van der Waals surface area contributed by atoms with Crippen LogP contribution in [0.15, 0.2) is 11.6 Å². The van der Waals surface area contributed by atoms with Crippen LogP contribution in [0.4, 0.5) is 0 Å². The average Bonchev–Trinajstić information content (AvgIpc) is 2.43. The van der Waals surface area contributed by atoms with E-state index in [2.05, 4.69) is 0 Å². The van der Waals surface area contributed by atoms with Gasteiger partial charge in [-0.05, 0) is 68.6 Å². The Balaban J connectivity index is 1.77. The third-order valence-corrected chi connectivity index (χ3v) is 6.22. The lowest BCUT2D eigenvalue weighted by Gasteiger charge is -2.57. The zero-order valence-electron chi connectivity index (χ0n) is 14.3. The number of carbonyl (C=O) groups is 3. The lowest BCUT2D eigenvalue weighted by atomic mass is 9.48. The van der Waals surface area contributed by atoms with Crippen molar-refractivity contribution >= 4 is 17.7 Å². The second kappa shape index (κ2) is 6.22. The molecule has 6 heteroatoms. The van der Waals surface area contributed by atoms with Crippen molar-refractivity contribution in [2.24, 2.45) is 34.6 Å². The van der Waals surface area contributed by atoms with Crippen LogP contribution in [0.2, 0.25) is 0 Å². The maximum absolute atomic E-state index is 12.6. The highest BCUT2D eigenvalue weighted by Crippen LogP contribution is 2.62. The first kappa shape index (κ1) is 17.0. The maximum Gasteiger partial charge on any atom is 0.247 e. The molecular formula is C18H27N3O3. The van der Waals surface area contributed by atoms with Crippen molar-refractivity contribution in [2.75, 3.05) is 13.1 Å². The van der Waals surface area contributed by atoms with Gasteiger partial charge in [-0.3, -0.25) is 14.4 Å². The van der Waals surface area contributed by atoms with E-state index in [1.54, 1.807) is 6.08 Å². The molecule has 0 aliphatic heterocycles. The highest BCUT2D eigenvalue weighted by atomic mass is 16.2. The first-order valence-electron chi connectivity index (χ1n) is 8.82. The number of primary amides is 2. The van der Waals surface area contributed by atoms with E-state index in [9.17, 15) is 14.4 Å². The van der Waals surface area contributed by atoms with E-state index in [0.29, 0.717) is 0 Å². The largest absolute Gasteiger partial charge is 0.368 e. The van der Waals surface area contributed by atoms with Gasteiger partial charge in [-0.2, -0.15) is 0 Å². The number of hydrogen-bond donors (Lipinski definition) is 2. The molecule has 0 aromatic carbocycles. The summed E-state index contributed by atoms with van der Waals surface area (Å²) in [6.45, 7) is 1.45. The molecule has 3 amide bonds. The first-order chi connectivity index (χ1) is 11.3. The number of hydrogen-bond acceptors (Lipinski definition) is 3. The molecular weight excluding hydrogens is 306 g/mol. The van der Waals surface area contributed by atoms with Crippen molar-refractivity contribution in [3.8, 4) is 0 Å². The minimum atomic E-state index is -0.648. The highest BCUT2D eigenvalue weighted by Gasteiger charge is 2.51. The maximum atomic E-state index is 12.6. The molecule has 4 aliphatic rings. The second-order valence-corrected chi connectivity index (χ2v) is 8.15. The van der Waals surface area contributed by atoms with Crippen LogP contribution in [0.25, 0.3) is 0 Å². The molecule has 24 heavy (non-hydrogen) atoms. The summed E-state index contributed by atoms with van der Waals surface area (Å²) in [5.41, 5.74) is 11.6. The Bertz CT molecular complexity index is 545. The second-order valence-electron chi connectivity index (χ2n) is 8.15. The van der Waals surface area contributed by atoms with Gasteiger partial charge in [0.2, 0.25) is 17.7 Å². The molecule has 4 N–H and O–H groups in total. The highest BCUT2D eigenvalue weighted by molar-refractivity contribution is 5.94. The van der Waals surface area contributed by atoms with Gasteiger partial charge in [-0.25, -0.2) is 0 Å². The number of rotatable bonds is 6. The normalized spacial score (nSPS) is 34.2. The zero-order chi connectivity index (χ0) is 17.5. The Kier molecular flexibility index (Phi) is 4.40. The van der Waals surface area contributed by atoms with Crippen LogP contribution in [-0.2, 0) is 14.4 Å². The fourth-order valence-corrected chi connectivity index (χ4v) is 5.61. The van der Waals surface area contributed by atoms with Gasteiger partial charge in [0, 0.05) is 6.08 Å². The summed E-state index contributed by atoms with van der Waals surface area (Å²) >= 11 is 0. The van der Waals surface area contributed by atoms with Crippen molar-refractivity contribution in [3.63, 3.8) is 0 Å². The fourth-order valence-electron chi connectivity index (χ4n) is 5.61. The van der Waals surface area contributed by atoms with Gasteiger partial charge in [0.25, 0.3) is 0 Å². The van der Waals surface area contributed by atoms with Crippen LogP contribution in [0.5, 0.6) is 0 Å². The van der Waals surface area contributed by atoms with Crippen LogP contribution >= 0.6 is 0 Å². The van der Waals surface area contributed by atoms with E-state index in [1.807, 2.05) is 6.92 Å². The molecule has 4 aliphatic carbocycles. The third kappa shape index (κ3) is 3.32. The molecule has 0 aromatic heterocycles. The van der Waals surface area contributed by atoms with Gasteiger partial charge >= 0.3 is 0 Å². The van der Waals surface area contributed by atoms with E-state index in [4.69, 9.17) is 11.5 Å². The molecule has 0 saturated heterocycles. The molecule has 0 spiro atoms. The zero-order valence-corrected chi connectivity index (χ0v) is 14.3.